The SMILES string of the molecule is CC(C)(C)[NH2+]CC(O)Cn1c2ccc(Br)cc2c2cc(Br)ccc21. The van der Waals surface area contributed by atoms with Crippen molar-refractivity contribution in [1.82, 2.24) is 4.57 Å². The molecule has 0 fully saturated rings. The summed E-state index contributed by atoms with van der Waals surface area (Å²) in [5, 5.41) is 15.1. The lowest BCUT2D eigenvalue weighted by Crippen LogP contribution is -2.96. The third kappa shape index (κ3) is 3.85. The average Bonchev–Trinajstić information content (AvgIpc) is 2.78. The van der Waals surface area contributed by atoms with Crippen LogP contribution in [0.2, 0.25) is 0 Å². The molecule has 3 aromatic rings. The van der Waals surface area contributed by atoms with Gasteiger partial charge in [-0.15, -0.1) is 0 Å². The zero-order valence-corrected chi connectivity index (χ0v) is 17.4. The molecule has 0 saturated heterocycles. The van der Waals surface area contributed by atoms with Crippen LogP contribution in [-0.2, 0) is 6.54 Å². The van der Waals surface area contributed by atoms with Gasteiger partial charge >= 0.3 is 0 Å². The first-order valence-electron chi connectivity index (χ1n) is 8.14. The van der Waals surface area contributed by atoms with Crippen LogP contribution >= 0.6 is 31.9 Å². The van der Waals surface area contributed by atoms with E-state index in [4.69, 9.17) is 0 Å². The molecule has 128 valence electrons. The first kappa shape index (κ1) is 17.9. The standard InChI is InChI=1S/C19H22Br2N2O/c1-19(2,3)22-10-14(24)11-23-17-6-4-12(20)8-15(17)16-9-13(21)5-7-18(16)23/h4-9,14,22,24H,10-11H2,1-3H3/p+1. The van der Waals surface area contributed by atoms with Crippen LogP contribution in [0.4, 0.5) is 0 Å². The Morgan fingerprint density at radius 1 is 1.00 bits per heavy atom. The van der Waals surface area contributed by atoms with E-state index in [2.05, 4.69) is 98.9 Å². The largest absolute Gasteiger partial charge is 0.385 e. The van der Waals surface area contributed by atoms with Gasteiger partial charge in [0, 0.05) is 30.8 Å². The molecule has 0 aliphatic carbocycles. The summed E-state index contributed by atoms with van der Waals surface area (Å²) in [5.74, 6) is 0. The van der Waals surface area contributed by atoms with E-state index < -0.39 is 6.10 Å². The molecule has 1 atom stereocenters. The second-order valence-electron chi connectivity index (χ2n) is 7.39. The number of aromatic nitrogens is 1. The maximum atomic E-state index is 10.5. The smallest absolute Gasteiger partial charge is 0.121 e. The molecule has 0 bridgehead atoms. The van der Waals surface area contributed by atoms with Crippen LogP contribution in [0.15, 0.2) is 45.3 Å². The normalized spacial score (nSPS) is 13.8. The molecule has 5 heteroatoms. The van der Waals surface area contributed by atoms with Crippen molar-refractivity contribution in [3.8, 4) is 0 Å². The summed E-state index contributed by atoms with van der Waals surface area (Å²) < 4.78 is 4.36. The number of aliphatic hydroxyl groups is 1. The summed E-state index contributed by atoms with van der Waals surface area (Å²) >= 11 is 7.14. The Labute approximate surface area is 159 Å². The molecule has 1 unspecified atom stereocenters. The van der Waals surface area contributed by atoms with Gasteiger partial charge in [-0.1, -0.05) is 31.9 Å². The Hall–Kier alpha value is -0.880. The van der Waals surface area contributed by atoms with Gasteiger partial charge in [0.15, 0.2) is 0 Å². The first-order chi connectivity index (χ1) is 11.2. The van der Waals surface area contributed by atoms with Gasteiger partial charge in [0.05, 0.1) is 12.1 Å². The number of halogens is 2. The van der Waals surface area contributed by atoms with Gasteiger partial charge in [0.2, 0.25) is 0 Å². The minimum atomic E-state index is -0.393. The number of rotatable bonds is 4. The zero-order chi connectivity index (χ0) is 17.5. The van der Waals surface area contributed by atoms with Crippen LogP contribution in [0.25, 0.3) is 21.8 Å². The molecule has 0 saturated carbocycles. The van der Waals surface area contributed by atoms with Gasteiger partial charge in [-0.25, -0.2) is 0 Å². The topological polar surface area (TPSA) is 41.8 Å². The second-order valence-corrected chi connectivity index (χ2v) is 9.22. The van der Waals surface area contributed by atoms with Gasteiger partial charge in [-0.2, -0.15) is 0 Å². The molecule has 1 aromatic heterocycles. The molecule has 2 aromatic carbocycles. The third-order valence-corrected chi connectivity index (χ3v) is 5.17. The van der Waals surface area contributed by atoms with E-state index in [0.29, 0.717) is 13.1 Å². The summed E-state index contributed by atoms with van der Waals surface area (Å²) in [6.07, 6.45) is -0.393. The molecule has 0 amide bonds. The average molecular weight is 455 g/mol. The maximum Gasteiger partial charge on any atom is 0.121 e. The van der Waals surface area contributed by atoms with E-state index in [9.17, 15) is 5.11 Å². The number of aliphatic hydroxyl groups excluding tert-OH is 1. The van der Waals surface area contributed by atoms with E-state index >= 15 is 0 Å². The van der Waals surface area contributed by atoms with Crippen molar-refractivity contribution in [3.63, 3.8) is 0 Å². The Balaban J connectivity index is 2.02. The second kappa shape index (κ2) is 6.79. The maximum absolute atomic E-state index is 10.5. The number of nitrogens with zero attached hydrogens (tertiary/aromatic N) is 1. The summed E-state index contributed by atoms with van der Waals surface area (Å²) in [5.41, 5.74) is 2.43. The van der Waals surface area contributed by atoms with Crippen molar-refractivity contribution in [3.05, 3.63) is 45.3 Å². The molecule has 0 aliphatic rings. The number of benzene rings is 2. The van der Waals surface area contributed by atoms with Crippen LogP contribution in [0.5, 0.6) is 0 Å². The molecular weight excluding hydrogens is 432 g/mol. The Morgan fingerprint density at radius 3 is 1.96 bits per heavy atom. The van der Waals surface area contributed by atoms with E-state index in [1.807, 2.05) is 0 Å². The first-order valence-corrected chi connectivity index (χ1v) is 9.73. The quantitative estimate of drug-likeness (QED) is 0.613. The van der Waals surface area contributed by atoms with Gasteiger partial charge in [-0.05, 0) is 57.2 Å². The van der Waals surface area contributed by atoms with Crippen molar-refractivity contribution in [2.45, 2.75) is 39.0 Å². The van der Waals surface area contributed by atoms with Crippen molar-refractivity contribution in [2.75, 3.05) is 6.54 Å². The lowest BCUT2D eigenvalue weighted by atomic mass is 10.1. The fourth-order valence-corrected chi connectivity index (χ4v) is 3.74. The number of quaternary nitrogens is 1. The molecule has 24 heavy (non-hydrogen) atoms. The summed E-state index contributed by atoms with van der Waals surface area (Å²) in [4.78, 5) is 0. The van der Waals surface area contributed by atoms with Gasteiger partial charge in [0.1, 0.15) is 12.6 Å². The predicted octanol–water partition coefficient (Wildman–Crippen LogP) is 4.04. The highest BCUT2D eigenvalue weighted by molar-refractivity contribution is 9.10. The highest BCUT2D eigenvalue weighted by Gasteiger charge is 2.19. The lowest BCUT2D eigenvalue weighted by molar-refractivity contribution is -0.722. The van der Waals surface area contributed by atoms with E-state index in [-0.39, 0.29) is 5.54 Å². The van der Waals surface area contributed by atoms with Crippen LogP contribution in [-0.4, -0.2) is 27.9 Å². The molecule has 1 heterocycles. The van der Waals surface area contributed by atoms with E-state index in [0.717, 1.165) is 20.0 Å². The number of hydrogen-bond acceptors (Lipinski definition) is 1. The molecule has 0 radical (unpaired) electrons. The van der Waals surface area contributed by atoms with Crippen LogP contribution in [0, 0.1) is 0 Å². The highest BCUT2D eigenvalue weighted by atomic mass is 79.9. The molecule has 3 nitrogen and oxygen atoms in total. The fraction of sp³-hybridized carbons (Fsp3) is 0.368. The molecule has 3 N–H and O–H groups in total. The van der Waals surface area contributed by atoms with Crippen LogP contribution in [0.1, 0.15) is 20.8 Å². The minimum absolute atomic E-state index is 0.123. The summed E-state index contributed by atoms with van der Waals surface area (Å²) in [6, 6.07) is 12.6. The highest BCUT2D eigenvalue weighted by Crippen LogP contribution is 2.33. The third-order valence-electron chi connectivity index (χ3n) is 4.18. The zero-order valence-electron chi connectivity index (χ0n) is 14.2. The van der Waals surface area contributed by atoms with Gasteiger partial charge in [-0.3, -0.25) is 0 Å². The molecule has 0 aliphatic heterocycles. The van der Waals surface area contributed by atoms with Crippen LogP contribution in [0.3, 0.4) is 0 Å². The van der Waals surface area contributed by atoms with E-state index in [1.54, 1.807) is 0 Å². The van der Waals surface area contributed by atoms with Crippen molar-refractivity contribution < 1.29 is 10.4 Å². The monoisotopic (exact) mass is 453 g/mol. The van der Waals surface area contributed by atoms with E-state index in [1.165, 1.54) is 10.8 Å². The van der Waals surface area contributed by atoms with Gasteiger partial charge in [0.25, 0.3) is 0 Å². The molecule has 0 spiro atoms. The summed E-state index contributed by atoms with van der Waals surface area (Å²) in [6.45, 7) is 7.77. The number of fused-ring (bicyclic) bond motifs is 3. The Bertz CT molecular complexity index is 821. The minimum Gasteiger partial charge on any atom is -0.385 e. The molecular formula is C19H23Br2N2O+. The predicted molar refractivity (Wildman–Crippen MR) is 107 cm³/mol. The van der Waals surface area contributed by atoms with Crippen molar-refractivity contribution >= 4 is 53.7 Å². The Morgan fingerprint density at radius 2 is 1.50 bits per heavy atom. The number of nitrogens with two attached hydrogens (primary N) is 1. The summed E-state index contributed by atoms with van der Waals surface area (Å²) in [7, 11) is 0. The fourth-order valence-electron chi connectivity index (χ4n) is 3.02. The Kier molecular flexibility index (Phi) is 5.07. The van der Waals surface area contributed by atoms with Crippen molar-refractivity contribution in [2.24, 2.45) is 0 Å². The lowest BCUT2D eigenvalue weighted by Gasteiger charge is -2.20. The van der Waals surface area contributed by atoms with Gasteiger partial charge < -0.3 is 15.0 Å². The van der Waals surface area contributed by atoms with Crippen molar-refractivity contribution in [1.29, 1.82) is 0 Å². The van der Waals surface area contributed by atoms with Crippen LogP contribution < -0.4 is 5.32 Å². The number of hydrogen-bond donors (Lipinski definition) is 2. The molecule has 3 rings (SSSR count).